The van der Waals surface area contributed by atoms with Gasteiger partial charge in [-0.1, -0.05) is 20.3 Å². The summed E-state index contributed by atoms with van der Waals surface area (Å²) in [6, 6.07) is -0.712. The number of hydrogen-bond acceptors (Lipinski definition) is 4. The molecule has 0 heterocycles. The molecule has 6 heteroatoms. The lowest BCUT2D eigenvalue weighted by Gasteiger charge is -2.12. The molecule has 1 amide bonds. The van der Waals surface area contributed by atoms with Crippen LogP contribution in [0.1, 0.15) is 40.0 Å². The highest BCUT2D eigenvalue weighted by atomic mass is 16.4. The second-order valence-corrected chi connectivity index (χ2v) is 3.57. The second-order valence-electron chi connectivity index (χ2n) is 3.57. The lowest BCUT2D eigenvalue weighted by Crippen LogP contribution is -2.44. The minimum atomic E-state index is -1.05. The molecule has 0 aromatic rings. The predicted octanol–water partition coefficient (Wildman–Crippen LogP) is 0.300. The van der Waals surface area contributed by atoms with Crippen LogP contribution >= 0.6 is 0 Å². The first-order chi connectivity index (χ1) is 7.88. The Balaban J connectivity index is 0. The minimum absolute atomic E-state index is 0.0220. The van der Waals surface area contributed by atoms with Crippen molar-refractivity contribution in [3.8, 4) is 0 Å². The van der Waals surface area contributed by atoms with Crippen molar-refractivity contribution in [3.05, 3.63) is 0 Å². The zero-order chi connectivity index (χ0) is 13.8. The van der Waals surface area contributed by atoms with Crippen molar-refractivity contribution in [2.45, 2.75) is 46.1 Å². The summed E-state index contributed by atoms with van der Waals surface area (Å²) < 4.78 is 0. The van der Waals surface area contributed by atoms with Crippen LogP contribution in [0.15, 0.2) is 0 Å². The van der Waals surface area contributed by atoms with Crippen LogP contribution in [0.25, 0.3) is 0 Å². The van der Waals surface area contributed by atoms with Gasteiger partial charge in [0.15, 0.2) is 5.78 Å². The summed E-state index contributed by atoms with van der Waals surface area (Å²) in [4.78, 5) is 32.0. The molecule has 0 saturated carbocycles. The molecule has 0 spiro atoms. The fourth-order valence-corrected chi connectivity index (χ4v) is 0.813. The first-order valence-electron chi connectivity index (χ1n) is 5.60. The SMILES string of the molecule is CC(=O)[C@H](CN)NC(=O)CCC(=O)O.CCC. The molecule has 0 fully saturated rings. The van der Waals surface area contributed by atoms with E-state index in [-0.39, 0.29) is 25.2 Å². The zero-order valence-corrected chi connectivity index (χ0v) is 10.7. The highest BCUT2D eigenvalue weighted by molar-refractivity contribution is 5.88. The summed E-state index contributed by atoms with van der Waals surface area (Å²) in [5.74, 6) is -1.76. The third kappa shape index (κ3) is 12.5. The normalized spacial score (nSPS) is 10.8. The molecule has 0 aliphatic carbocycles. The van der Waals surface area contributed by atoms with Crippen molar-refractivity contribution in [1.29, 1.82) is 0 Å². The van der Waals surface area contributed by atoms with Gasteiger partial charge in [-0.05, 0) is 6.92 Å². The summed E-state index contributed by atoms with van der Waals surface area (Å²) >= 11 is 0. The van der Waals surface area contributed by atoms with E-state index in [0.29, 0.717) is 0 Å². The fourth-order valence-electron chi connectivity index (χ4n) is 0.813. The van der Waals surface area contributed by atoms with Gasteiger partial charge < -0.3 is 16.2 Å². The van der Waals surface area contributed by atoms with Crippen LogP contribution in [0.5, 0.6) is 0 Å². The van der Waals surface area contributed by atoms with Crippen LogP contribution < -0.4 is 11.1 Å². The Kier molecular flexibility index (Phi) is 11.7. The standard InChI is InChI=1S/C8H14N2O4.C3H8/c1-5(11)6(4-9)10-7(12)2-3-8(13)14;1-3-2/h6H,2-4,9H2,1H3,(H,10,12)(H,13,14);3H2,1-2H3/t6-;/m0./s1. The topological polar surface area (TPSA) is 109 Å². The number of ketones is 1. The number of carboxylic acid groups (broad SMARTS) is 1. The number of aliphatic carboxylic acids is 1. The number of nitrogens with one attached hydrogen (secondary N) is 1. The van der Waals surface area contributed by atoms with E-state index in [2.05, 4.69) is 19.2 Å². The third-order valence-electron chi connectivity index (χ3n) is 1.63. The Morgan fingerprint density at radius 1 is 1.24 bits per heavy atom. The number of carboxylic acids is 1. The maximum absolute atomic E-state index is 11.0. The first-order valence-corrected chi connectivity index (χ1v) is 5.60. The molecule has 0 radical (unpaired) electrons. The molecular weight excluding hydrogens is 224 g/mol. The number of nitrogens with two attached hydrogens (primary N) is 1. The van der Waals surface area contributed by atoms with Gasteiger partial charge in [0, 0.05) is 13.0 Å². The van der Waals surface area contributed by atoms with Gasteiger partial charge in [-0.3, -0.25) is 14.4 Å². The van der Waals surface area contributed by atoms with E-state index in [9.17, 15) is 14.4 Å². The highest BCUT2D eigenvalue weighted by Gasteiger charge is 2.15. The summed E-state index contributed by atoms with van der Waals surface area (Å²) in [5, 5.41) is 10.6. The van der Waals surface area contributed by atoms with E-state index < -0.39 is 17.9 Å². The number of amides is 1. The minimum Gasteiger partial charge on any atom is -0.481 e. The van der Waals surface area contributed by atoms with Gasteiger partial charge in [0.05, 0.1) is 12.5 Å². The van der Waals surface area contributed by atoms with Gasteiger partial charge >= 0.3 is 5.97 Å². The van der Waals surface area contributed by atoms with Gasteiger partial charge in [0.2, 0.25) is 5.91 Å². The van der Waals surface area contributed by atoms with Crippen LogP contribution in [0.3, 0.4) is 0 Å². The van der Waals surface area contributed by atoms with Crippen molar-refractivity contribution in [3.63, 3.8) is 0 Å². The van der Waals surface area contributed by atoms with Crippen molar-refractivity contribution in [2.24, 2.45) is 5.73 Å². The maximum atomic E-state index is 11.0. The molecule has 0 aliphatic heterocycles. The molecular formula is C11H22N2O4. The molecule has 4 N–H and O–H groups in total. The molecule has 0 unspecified atom stereocenters. The Bertz CT molecular complexity index is 254. The van der Waals surface area contributed by atoms with E-state index in [0.717, 1.165) is 0 Å². The molecule has 6 nitrogen and oxygen atoms in total. The number of rotatable bonds is 6. The molecule has 0 bridgehead atoms. The van der Waals surface area contributed by atoms with Crippen LogP contribution in [0.4, 0.5) is 0 Å². The van der Waals surface area contributed by atoms with E-state index in [1.807, 2.05) is 0 Å². The van der Waals surface area contributed by atoms with E-state index in [1.54, 1.807) is 0 Å². The molecule has 0 rings (SSSR count). The Morgan fingerprint density at radius 2 is 1.71 bits per heavy atom. The van der Waals surface area contributed by atoms with Crippen LogP contribution in [0.2, 0.25) is 0 Å². The molecule has 17 heavy (non-hydrogen) atoms. The van der Waals surface area contributed by atoms with Crippen molar-refractivity contribution < 1.29 is 19.5 Å². The molecule has 100 valence electrons. The quantitative estimate of drug-likeness (QED) is 0.624. The molecule has 0 aromatic heterocycles. The van der Waals surface area contributed by atoms with Gasteiger partial charge in [0.25, 0.3) is 0 Å². The van der Waals surface area contributed by atoms with E-state index >= 15 is 0 Å². The monoisotopic (exact) mass is 246 g/mol. The van der Waals surface area contributed by atoms with E-state index in [1.165, 1.54) is 13.3 Å². The zero-order valence-electron chi connectivity index (χ0n) is 10.7. The van der Waals surface area contributed by atoms with Crippen LogP contribution in [-0.4, -0.2) is 35.4 Å². The number of carbonyl (C=O) groups excluding carboxylic acids is 2. The second kappa shape index (κ2) is 11.1. The Morgan fingerprint density at radius 3 is 2.00 bits per heavy atom. The Hall–Kier alpha value is -1.43. The van der Waals surface area contributed by atoms with Crippen LogP contribution in [-0.2, 0) is 14.4 Å². The van der Waals surface area contributed by atoms with Gasteiger partial charge in [-0.15, -0.1) is 0 Å². The van der Waals surface area contributed by atoms with Gasteiger partial charge in [-0.2, -0.15) is 0 Å². The molecule has 0 saturated heterocycles. The number of hydrogen-bond donors (Lipinski definition) is 3. The average Bonchev–Trinajstić information content (AvgIpc) is 2.23. The third-order valence-corrected chi connectivity index (χ3v) is 1.63. The lowest BCUT2D eigenvalue weighted by molar-refractivity contribution is -0.139. The molecule has 1 atom stereocenters. The van der Waals surface area contributed by atoms with Gasteiger partial charge in [0.1, 0.15) is 0 Å². The highest BCUT2D eigenvalue weighted by Crippen LogP contribution is 1.91. The summed E-state index contributed by atoms with van der Waals surface area (Å²) in [7, 11) is 0. The van der Waals surface area contributed by atoms with Crippen molar-refractivity contribution in [1.82, 2.24) is 5.32 Å². The lowest BCUT2D eigenvalue weighted by atomic mass is 10.2. The maximum Gasteiger partial charge on any atom is 0.303 e. The molecule has 0 aliphatic rings. The average molecular weight is 246 g/mol. The smallest absolute Gasteiger partial charge is 0.303 e. The van der Waals surface area contributed by atoms with Crippen molar-refractivity contribution in [2.75, 3.05) is 6.54 Å². The summed E-state index contributed by atoms with van der Waals surface area (Å²) in [6.07, 6.45) is 0.861. The number of carbonyl (C=O) groups is 3. The molecule has 0 aromatic carbocycles. The largest absolute Gasteiger partial charge is 0.481 e. The van der Waals surface area contributed by atoms with Crippen LogP contribution in [0, 0.1) is 0 Å². The van der Waals surface area contributed by atoms with Crippen molar-refractivity contribution >= 4 is 17.7 Å². The Labute approximate surface area is 102 Å². The number of Topliss-reactive ketones (excluding diaryl/α,β-unsaturated/α-hetero) is 1. The summed E-state index contributed by atoms with van der Waals surface area (Å²) in [5.41, 5.74) is 5.23. The fraction of sp³-hybridized carbons (Fsp3) is 0.727. The summed E-state index contributed by atoms with van der Waals surface area (Å²) in [6.45, 7) is 5.59. The van der Waals surface area contributed by atoms with Gasteiger partial charge in [-0.25, -0.2) is 0 Å². The predicted molar refractivity (Wildman–Crippen MR) is 64.5 cm³/mol. The van der Waals surface area contributed by atoms with E-state index in [4.69, 9.17) is 10.8 Å². The first kappa shape index (κ1) is 17.9.